The summed E-state index contributed by atoms with van der Waals surface area (Å²) in [5.74, 6) is -0.538. The molecule has 1 amide bonds. The number of furan rings is 1. The van der Waals surface area contributed by atoms with Crippen LogP contribution in [0.1, 0.15) is 29.1 Å². The molecule has 112 valence electrons. The first-order valence-electron chi connectivity index (χ1n) is 6.79. The monoisotopic (exact) mass is 317 g/mol. The summed E-state index contributed by atoms with van der Waals surface area (Å²) in [6.45, 7) is 1.78. The molecule has 0 aliphatic heterocycles. The maximum atomic E-state index is 13.7. The van der Waals surface area contributed by atoms with Gasteiger partial charge in [0.1, 0.15) is 17.2 Å². The zero-order valence-corrected chi connectivity index (χ0v) is 12.5. The van der Waals surface area contributed by atoms with Gasteiger partial charge in [0.25, 0.3) is 5.91 Å². The molecule has 3 nitrogen and oxygen atoms in total. The molecule has 1 heterocycles. The van der Waals surface area contributed by atoms with Gasteiger partial charge in [0, 0.05) is 10.4 Å². The molecular formula is C17H13ClFNO2. The number of carbonyl (C=O) groups excluding carboxylic acids is 1. The second kappa shape index (κ2) is 5.81. The topological polar surface area (TPSA) is 42.2 Å². The normalized spacial score (nSPS) is 12.3. The van der Waals surface area contributed by atoms with Gasteiger partial charge in [-0.25, -0.2) is 4.39 Å². The highest BCUT2D eigenvalue weighted by Gasteiger charge is 2.18. The third-order valence-electron chi connectivity index (χ3n) is 3.39. The molecule has 3 rings (SSSR count). The van der Waals surface area contributed by atoms with Gasteiger partial charge in [0.15, 0.2) is 0 Å². The minimum absolute atomic E-state index is 0.0875. The van der Waals surface area contributed by atoms with Gasteiger partial charge in [0.2, 0.25) is 0 Å². The Morgan fingerprint density at radius 3 is 2.77 bits per heavy atom. The lowest BCUT2D eigenvalue weighted by Crippen LogP contribution is -2.27. The summed E-state index contributed by atoms with van der Waals surface area (Å²) < 4.78 is 19.4. The largest absolute Gasteiger partial charge is 0.459 e. The number of benzene rings is 2. The predicted octanol–water partition coefficient (Wildman–Crippen LogP) is 4.72. The van der Waals surface area contributed by atoms with Crippen LogP contribution in [0.2, 0.25) is 5.02 Å². The van der Waals surface area contributed by atoms with Crippen LogP contribution in [0, 0.1) is 5.82 Å². The van der Waals surface area contributed by atoms with Crippen molar-refractivity contribution in [1.29, 1.82) is 0 Å². The molecule has 0 fully saturated rings. The van der Waals surface area contributed by atoms with E-state index in [1.165, 1.54) is 18.2 Å². The number of halogens is 2. The second-order valence-electron chi connectivity index (χ2n) is 5.01. The van der Waals surface area contributed by atoms with Gasteiger partial charge in [-0.15, -0.1) is 0 Å². The first kappa shape index (κ1) is 14.6. The standard InChI is InChI=1S/C17H13ClFNO2/c1-10(16-8-11-4-2-3-5-15(11)22-16)20-17(21)13-9-12(18)6-7-14(13)19/h2-10H,1H3,(H,20,21)/t10-/m1/s1. The van der Waals surface area contributed by atoms with Gasteiger partial charge in [-0.05, 0) is 37.3 Å². The molecule has 5 heteroatoms. The Kier molecular flexibility index (Phi) is 3.86. The van der Waals surface area contributed by atoms with E-state index in [0.29, 0.717) is 10.8 Å². The van der Waals surface area contributed by atoms with Crippen LogP contribution in [-0.2, 0) is 0 Å². The number of carbonyl (C=O) groups is 1. The Bertz CT molecular complexity index is 811. The number of para-hydroxylation sites is 1. The van der Waals surface area contributed by atoms with Crippen LogP contribution in [0.5, 0.6) is 0 Å². The molecule has 0 spiro atoms. The predicted molar refractivity (Wildman–Crippen MR) is 83.5 cm³/mol. The highest BCUT2D eigenvalue weighted by Crippen LogP contribution is 2.24. The van der Waals surface area contributed by atoms with Crippen molar-refractivity contribution < 1.29 is 13.6 Å². The lowest BCUT2D eigenvalue weighted by atomic mass is 10.1. The van der Waals surface area contributed by atoms with Crippen LogP contribution in [-0.4, -0.2) is 5.91 Å². The maximum absolute atomic E-state index is 13.7. The molecule has 0 aliphatic rings. The highest BCUT2D eigenvalue weighted by molar-refractivity contribution is 6.31. The van der Waals surface area contributed by atoms with Crippen LogP contribution in [0.15, 0.2) is 52.9 Å². The van der Waals surface area contributed by atoms with Crippen LogP contribution < -0.4 is 5.32 Å². The summed E-state index contributed by atoms with van der Waals surface area (Å²) in [5.41, 5.74) is 0.656. The fraction of sp³-hybridized carbons (Fsp3) is 0.118. The molecule has 0 unspecified atom stereocenters. The Morgan fingerprint density at radius 2 is 2.00 bits per heavy atom. The number of hydrogen-bond acceptors (Lipinski definition) is 2. The number of amides is 1. The molecule has 0 radical (unpaired) electrons. The van der Waals surface area contributed by atoms with Crippen molar-refractivity contribution >= 4 is 28.5 Å². The molecular weight excluding hydrogens is 305 g/mol. The molecule has 0 saturated heterocycles. The summed E-state index contributed by atoms with van der Waals surface area (Å²) >= 11 is 5.80. The minimum Gasteiger partial charge on any atom is -0.459 e. The molecule has 1 N–H and O–H groups in total. The molecule has 0 aliphatic carbocycles. The molecule has 3 aromatic rings. The van der Waals surface area contributed by atoms with Crippen molar-refractivity contribution in [2.75, 3.05) is 0 Å². The van der Waals surface area contributed by atoms with E-state index in [4.69, 9.17) is 16.0 Å². The first-order chi connectivity index (χ1) is 10.5. The Labute approximate surface area is 131 Å². The number of nitrogens with one attached hydrogen (secondary N) is 1. The third-order valence-corrected chi connectivity index (χ3v) is 3.63. The highest BCUT2D eigenvalue weighted by atomic mass is 35.5. The summed E-state index contributed by atoms with van der Waals surface area (Å²) in [4.78, 5) is 12.2. The van der Waals surface area contributed by atoms with E-state index in [0.717, 1.165) is 11.0 Å². The van der Waals surface area contributed by atoms with Gasteiger partial charge in [-0.1, -0.05) is 29.8 Å². The zero-order valence-electron chi connectivity index (χ0n) is 11.8. The summed E-state index contributed by atoms with van der Waals surface area (Å²) in [6.07, 6.45) is 0. The third kappa shape index (κ3) is 2.83. The fourth-order valence-electron chi connectivity index (χ4n) is 2.23. The van der Waals surface area contributed by atoms with E-state index in [-0.39, 0.29) is 5.56 Å². The Hall–Kier alpha value is -2.33. The molecule has 1 atom stereocenters. The quantitative estimate of drug-likeness (QED) is 0.759. The molecule has 0 bridgehead atoms. The van der Waals surface area contributed by atoms with Gasteiger partial charge in [-0.3, -0.25) is 4.79 Å². The zero-order chi connectivity index (χ0) is 15.7. The van der Waals surface area contributed by atoms with E-state index in [1.807, 2.05) is 30.3 Å². The van der Waals surface area contributed by atoms with Crippen LogP contribution in [0.25, 0.3) is 11.0 Å². The van der Waals surface area contributed by atoms with Crippen LogP contribution in [0.4, 0.5) is 4.39 Å². The van der Waals surface area contributed by atoms with Crippen molar-refractivity contribution in [3.8, 4) is 0 Å². The van der Waals surface area contributed by atoms with E-state index < -0.39 is 17.8 Å². The summed E-state index contributed by atoms with van der Waals surface area (Å²) in [7, 11) is 0. The average Bonchev–Trinajstić information content (AvgIpc) is 2.93. The minimum atomic E-state index is -0.612. The number of fused-ring (bicyclic) bond motifs is 1. The van der Waals surface area contributed by atoms with Crippen LogP contribution >= 0.6 is 11.6 Å². The molecule has 2 aromatic carbocycles. The Morgan fingerprint density at radius 1 is 1.23 bits per heavy atom. The SMILES string of the molecule is C[C@@H](NC(=O)c1cc(Cl)ccc1F)c1cc2ccccc2o1. The Balaban J connectivity index is 1.82. The van der Waals surface area contributed by atoms with Crippen molar-refractivity contribution in [2.45, 2.75) is 13.0 Å². The number of hydrogen-bond donors (Lipinski definition) is 1. The van der Waals surface area contributed by atoms with Crippen molar-refractivity contribution in [3.05, 3.63) is 70.7 Å². The molecule has 22 heavy (non-hydrogen) atoms. The lowest BCUT2D eigenvalue weighted by molar-refractivity contribution is 0.0931. The van der Waals surface area contributed by atoms with E-state index in [1.54, 1.807) is 6.92 Å². The summed E-state index contributed by atoms with van der Waals surface area (Å²) in [6, 6.07) is 12.9. The summed E-state index contributed by atoms with van der Waals surface area (Å²) in [5, 5.41) is 3.97. The maximum Gasteiger partial charge on any atom is 0.254 e. The van der Waals surface area contributed by atoms with E-state index in [9.17, 15) is 9.18 Å². The van der Waals surface area contributed by atoms with Gasteiger partial charge in [-0.2, -0.15) is 0 Å². The van der Waals surface area contributed by atoms with Crippen molar-refractivity contribution in [2.24, 2.45) is 0 Å². The first-order valence-corrected chi connectivity index (χ1v) is 7.17. The second-order valence-corrected chi connectivity index (χ2v) is 5.44. The van der Waals surface area contributed by atoms with Crippen molar-refractivity contribution in [3.63, 3.8) is 0 Å². The van der Waals surface area contributed by atoms with E-state index in [2.05, 4.69) is 5.32 Å². The fourth-order valence-corrected chi connectivity index (χ4v) is 2.40. The molecule has 1 aromatic heterocycles. The van der Waals surface area contributed by atoms with Crippen LogP contribution in [0.3, 0.4) is 0 Å². The molecule has 0 saturated carbocycles. The van der Waals surface area contributed by atoms with Gasteiger partial charge >= 0.3 is 0 Å². The lowest BCUT2D eigenvalue weighted by Gasteiger charge is -2.12. The van der Waals surface area contributed by atoms with Gasteiger partial charge in [0.05, 0.1) is 11.6 Å². The van der Waals surface area contributed by atoms with Gasteiger partial charge < -0.3 is 9.73 Å². The van der Waals surface area contributed by atoms with Crippen molar-refractivity contribution in [1.82, 2.24) is 5.32 Å². The van der Waals surface area contributed by atoms with E-state index >= 15 is 0 Å². The average molecular weight is 318 g/mol. The number of rotatable bonds is 3. The smallest absolute Gasteiger partial charge is 0.254 e.